The zero-order valence-electron chi connectivity index (χ0n) is 11.7. The maximum atomic E-state index is 5.43. The van der Waals surface area contributed by atoms with Gasteiger partial charge in [-0.15, -0.1) is 0 Å². The van der Waals surface area contributed by atoms with E-state index in [1.165, 1.54) is 0 Å². The van der Waals surface area contributed by atoms with E-state index in [2.05, 4.69) is 32.4 Å². The number of hydrogen-bond donors (Lipinski definition) is 2. The molecule has 2 N–H and O–H groups in total. The second-order valence-corrected chi connectivity index (χ2v) is 4.72. The molecule has 0 bridgehead atoms. The Kier molecular flexibility index (Phi) is 5.35. The number of ether oxygens (including phenoxy) is 1. The highest BCUT2D eigenvalue weighted by Gasteiger charge is 2.12. The molecule has 0 spiro atoms. The Morgan fingerprint density at radius 3 is 3.16 bits per heavy atom. The van der Waals surface area contributed by atoms with E-state index < -0.39 is 0 Å². The molecule has 2 rings (SSSR count). The van der Waals surface area contributed by atoms with Gasteiger partial charge in [-0.2, -0.15) is 0 Å². The van der Waals surface area contributed by atoms with Gasteiger partial charge in [0.15, 0.2) is 0 Å². The van der Waals surface area contributed by atoms with Crippen LogP contribution in [0.2, 0.25) is 0 Å². The van der Waals surface area contributed by atoms with Crippen molar-refractivity contribution in [3.05, 3.63) is 12.4 Å². The van der Waals surface area contributed by atoms with Crippen molar-refractivity contribution in [3.63, 3.8) is 0 Å². The fraction of sp³-hybridized carbons (Fsp3) is 0.692. The molecule has 6 heteroatoms. The molecule has 6 nitrogen and oxygen atoms in total. The van der Waals surface area contributed by atoms with Crippen molar-refractivity contribution in [2.45, 2.75) is 19.4 Å². The number of hydrogen-bond acceptors (Lipinski definition) is 6. The third-order valence-corrected chi connectivity index (χ3v) is 3.32. The molecule has 0 aliphatic carbocycles. The van der Waals surface area contributed by atoms with Gasteiger partial charge in [0.2, 0.25) is 0 Å². The summed E-state index contributed by atoms with van der Waals surface area (Å²) in [7, 11) is 2.02. The molecular weight excluding hydrogens is 242 g/mol. The van der Waals surface area contributed by atoms with Crippen LogP contribution in [-0.2, 0) is 4.74 Å². The second kappa shape index (κ2) is 7.25. The van der Waals surface area contributed by atoms with Crippen LogP contribution in [0, 0.1) is 0 Å². The van der Waals surface area contributed by atoms with E-state index in [1.54, 1.807) is 6.33 Å². The van der Waals surface area contributed by atoms with Crippen molar-refractivity contribution >= 4 is 11.6 Å². The van der Waals surface area contributed by atoms with Crippen molar-refractivity contribution in [1.29, 1.82) is 0 Å². The summed E-state index contributed by atoms with van der Waals surface area (Å²) < 4.78 is 5.43. The highest BCUT2D eigenvalue weighted by molar-refractivity contribution is 5.47. The number of morpholine rings is 1. The maximum Gasteiger partial charge on any atom is 0.133 e. The summed E-state index contributed by atoms with van der Waals surface area (Å²) in [5, 5.41) is 6.78. The molecule has 1 unspecified atom stereocenters. The highest BCUT2D eigenvalue weighted by atomic mass is 16.5. The first kappa shape index (κ1) is 14.0. The van der Waals surface area contributed by atoms with E-state index in [4.69, 9.17) is 4.74 Å². The second-order valence-electron chi connectivity index (χ2n) is 4.72. The minimum Gasteiger partial charge on any atom is -0.379 e. The molecule has 0 amide bonds. The summed E-state index contributed by atoms with van der Waals surface area (Å²) in [4.78, 5) is 10.6. The Bertz CT molecular complexity index is 381. The van der Waals surface area contributed by atoms with Crippen molar-refractivity contribution in [3.8, 4) is 0 Å². The molecule has 0 saturated carbocycles. The average molecular weight is 265 g/mol. The molecule has 1 aromatic rings. The smallest absolute Gasteiger partial charge is 0.133 e. The predicted octanol–water partition coefficient (Wildman–Crippen LogP) is 0.723. The summed E-state index contributed by atoms with van der Waals surface area (Å²) in [5.74, 6) is 1.82. The lowest BCUT2D eigenvalue weighted by molar-refractivity contribution is 0.0753. The van der Waals surface area contributed by atoms with Gasteiger partial charge in [0.1, 0.15) is 18.0 Å². The van der Waals surface area contributed by atoms with Crippen molar-refractivity contribution < 1.29 is 4.74 Å². The fourth-order valence-electron chi connectivity index (χ4n) is 1.99. The van der Waals surface area contributed by atoms with Gasteiger partial charge >= 0.3 is 0 Å². The van der Waals surface area contributed by atoms with Gasteiger partial charge in [-0.1, -0.05) is 0 Å². The molecule has 19 heavy (non-hydrogen) atoms. The molecule has 106 valence electrons. The number of nitrogens with one attached hydrogen (secondary N) is 2. The Labute approximate surface area is 114 Å². The average Bonchev–Trinajstić information content (AvgIpc) is 2.48. The SMILES string of the molecule is CCN(C)c1cc(NCCC2COCCN2)ncn1. The van der Waals surface area contributed by atoms with E-state index in [1.807, 2.05) is 13.1 Å². The summed E-state index contributed by atoms with van der Waals surface area (Å²) >= 11 is 0. The van der Waals surface area contributed by atoms with E-state index in [0.29, 0.717) is 6.04 Å². The molecule has 0 radical (unpaired) electrons. The van der Waals surface area contributed by atoms with Gasteiger partial charge < -0.3 is 20.3 Å². The molecule has 1 atom stereocenters. The summed E-state index contributed by atoms with van der Waals surface area (Å²) in [5.41, 5.74) is 0. The van der Waals surface area contributed by atoms with Gasteiger partial charge in [-0.25, -0.2) is 9.97 Å². The number of rotatable bonds is 6. The van der Waals surface area contributed by atoms with Crippen molar-refractivity contribution in [1.82, 2.24) is 15.3 Å². The number of nitrogens with zero attached hydrogens (tertiary/aromatic N) is 3. The molecular formula is C13H23N5O. The van der Waals surface area contributed by atoms with Crippen LogP contribution in [0.4, 0.5) is 11.6 Å². The van der Waals surface area contributed by atoms with Crippen LogP contribution in [-0.4, -0.2) is 55.9 Å². The van der Waals surface area contributed by atoms with Crippen LogP contribution in [0.15, 0.2) is 12.4 Å². The first-order valence-electron chi connectivity index (χ1n) is 6.87. The quantitative estimate of drug-likeness (QED) is 0.790. The highest BCUT2D eigenvalue weighted by Crippen LogP contribution is 2.12. The van der Waals surface area contributed by atoms with E-state index in [9.17, 15) is 0 Å². The topological polar surface area (TPSA) is 62.3 Å². The third-order valence-electron chi connectivity index (χ3n) is 3.32. The summed E-state index contributed by atoms with van der Waals surface area (Å²) in [6.07, 6.45) is 2.63. The largest absolute Gasteiger partial charge is 0.379 e. The van der Waals surface area contributed by atoms with Crippen LogP contribution < -0.4 is 15.5 Å². The summed E-state index contributed by atoms with van der Waals surface area (Å²) in [6.45, 7) is 6.48. The van der Waals surface area contributed by atoms with Crippen molar-refractivity contribution in [2.24, 2.45) is 0 Å². The molecule has 1 fully saturated rings. The lowest BCUT2D eigenvalue weighted by Crippen LogP contribution is -2.42. The lowest BCUT2D eigenvalue weighted by Gasteiger charge is -2.23. The molecule has 2 heterocycles. The minimum atomic E-state index is 0.445. The zero-order valence-corrected chi connectivity index (χ0v) is 11.7. The van der Waals surface area contributed by atoms with Crippen LogP contribution in [0.3, 0.4) is 0 Å². The Hall–Kier alpha value is -1.40. The number of anilines is 2. The van der Waals surface area contributed by atoms with Crippen LogP contribution in [0.25, 0.3) is 0 Å². The zero-order chi connectivity index (χ0) is 13.5. The maximum absolute atomic E-state index is 5.43. The lowest BCUT2D eigenvalue weighted by atomic mass is 10.2. The normalized spacial score (nSPS) is 19.2. The van der Waals surface area contributed by atoms with Gasteiger partial charge in [0.25, 0.3) is 0 Å². The van der Waals surface area contributed by atoms with Gasteiger partial charge in [-0.3, -0.25) is 0 Å². The van der Waals surface area contributed by atoms with E-state index >= 15 is 0 Å². The van der Waals surface area contributed by atoms with E-state index in [-0.39, 0.29) is 0 Å². The molecule has 1 aliphatic rings. The Morgan fingerprint density at radius 2 is 2.42 bits per heavy atom. The van der Waals surface area contributed by atoms with Crippen molar-refractivity contribution in [2.75, 3.05) is 50.1 Å². The predicted molar refractivity (Wildman–Crippen MR) is 76.7 cm³/mol. The monoisotopic (exact) mass is 265 g/mol. The van der Waals surface area contributed by atoms with Gasteiger partial charge in [0, 0.05) is 38.8 Å². The first-order valence-corrected chi connectivity index (χ1v) is 6.87. The van der Waals surface area contributed by atoms with Crippen LogP contribution in [0.5, 0.6) is 0 Å². The molecule has 0 aromatic carbocycles. The first-order chi connectivity index (χ1) is 9.29. The Balaban J connectivity index is 1.78. The standard InChI is InChI=1S/C13H23N5O/c1-3-18(2)13-8-12(16-10-17-13)15-5-4-11-9-19-7-6-14-11/h8,10-11,14H,3-7,9H2,1-2H3,(H,15,16,17). The van der Waals surface area contributed by atoms with E-state index in [0.717, 1.165) is 50.9 Å². The number of aromatic nitrogens is 2. The van der Waals surface area contributed by atoms with Gasteiger partial charge in [-0.05, 0) is 13.3 Å². The van der Waals surface area contributed by atoms with Crippen LogP contribution >= 0.6 is 0 Å². The molecule has 1 aliphatic heterocycles. The third kappa shape index (κ3) is 4.33. The minimum absolute atomic E-state index is 0.445. The molecule has 1 saturated heterocycles. The fourth-order valence-corrected chi connectivity index (χ4v) is 1.99. The summed E-state index contributed by atoms with van der Waals surface area (Å²) in [6, 6.07) is 2.43. The van der Waals surface area contributed by atoms with Gasteiger partial charge in [0.05, 0.1) is 13.2 Å². The Morgan fingerprint density at radius 1 is 1.53 bits per heavy atom. The molecule has 1 aromatic heterocycles. The van der Waals surface area contributed by atoms with Crippen LogP contribution in [0.1, 0.15) is 13.3 Å².